The molecular weight excluding hydrogens is 379 g/mol. The van der Waals surface area contributed by atoms with Crippen LogP contribution in [-0.2, 0) is 10.2 Å². The fraction of sp³-hybridized carbons (Fsp3) is 0.200. The minimum absolute atomic E-state index is 0.0608. The van der Waals surface area contributed by atoms with Crippen LogP contribution in [-0.4, -0.2) is 23.6 Å². The molecule has 0 bridgehead atoms. The van der Waals surface area contributed by atoms with Crippen LogP contribution < -0.4 is 4.90 Å². The molecule has 5 rings (SSSR count). The molecule has 2 heterocycles. The summed E-state index contributed by atoms with van der Waals surface area (Å²) in [6.07, 6.45) is 1.77. The molecule has 0 saturated carbocycles. The maximum absolute atomic E-state index is 13.8. The number of nitrogens with zero attached hydrogens (tertiary/aromatic N) is 2. The third kappa shape index (κ3) is 2.32. The molecule has 2 aromatic rings. The van der Waals surface area contributed by atoms with E-state index in [0.717, 1.165) is 11.4 Å². The van der Waals surface area contributed by atoms with Crippen molar-refractivity contribution in [1.29, 1.82) is 0 Å². The van der Waals surface area contributed by atoms with Gasteiger partial charge in [0.1, 0.15) is 11.6 Å². The second-order valence-electron chi connectivity index (χ2n) is 8.43. The minimum Gasteiger partial charge on any atom is -0.506 e. The van der Waals surface area contributed by atoms with Crippen LogP contribution in [0.15, 0.2) is 76.1 Å². The van der Waals surface area contributed by atoms with Gasteiger partial charge in [-0.1, -0.05) is 32.0 Å². The number of aliphatic imine (C=N–C) groups is 1. The van der Waals surface area contributed by atoms with Gasteiger partial charge in [-0.15, -0.1) is 0 Å². The molecule has 5 heteroatoms. The van der Waals surface area contributed by atoms with Gasteiger partial charge in [0.15, 0.2) is 0 Å². The summed E-state index contributed by atoms with van der Waals surface area (Å²) in [5, 5.41) is 10.8. The second-order valence-corrected chi connectivity index (χ2v) is 8.43. The Morgan fingerprint density at radius 3 is 2.57 bits per heavy atom. The quantitative estimate of drug-likeness (QED) is 0.653. The van der Waals surface area contributed by atoms with Crippen molar-refractivity contribution in [3.63, 3.8) is 0 Å². The summed E-state index contributed by atoms with van der Waals surface area (Å²) in [5.74, 6) is -0.711. The van der Waals surface area contributed by atoms with Crippen molar-refractivity contribution in [3.8, 4) is 0 Å². The molecule has 3 aliphatic rings. The van der Waals surface area contributed by atoms with Gasteiger partial charge in [-0.05, 0) is 42.8 Å². The molecule has 1 N–H and O–H groups in total. The number of carbonyl (C=O) groups excluding carboxylic acids is 1. The summed E-state index contributed by atoms with van der Waals surface area (Å²) in [6.45, 7) is 5.98. The smallest absolute Gasteiger partial charge is 0.201 e. The van der Waals surface area contributed by atoms with Crippen molar-refractivity contribution < 1.29 is 14.3 Å². The Balaban J connectivity index is 1.63. The van der Waals surface area contributed by atoms with Gasteiger partial charge in [-0.25, -0.2) is 4.39 Å². The zero-order chi connectivity index (χ0) is 21.4. The van der Waals surface area contributed by atoms with Crippen LogP contribution in [0.2, 0.25) is 0 Å². The van der Waals surface area contributed by atoms with E-state index in [1.165, 1.54) is 17.7 Å². The van der Waals surface area contributed by atoms with Crippen molar-refractivity contribution in [1.82, 2.24) is 0 Å². The van der Waals surface area contributed by atoms with Gasteiger partial charge in [0.05, 0.1) is 16.8 Å². The van der Waals surface area contributed by atoms with Crippen molar-refractivity contribution in [2.24, 2.45) is 4.99 Å². The van der Waals surface area contributed by atoms with Crippen molar-refractivity contribution in [3.05, 3.63) is 88.1 Å². The molecule has 0 aromatic heterocycles. The van der Waals surface area contributed by atoms with Gasteiger partial charge >= 0.3 is 0 Å². The molecule has 150 valence electrons. The summed E-state index contributed by atoms with van der Waals surface area (Å²) in [6, 6.07) is 12.4. The summed E-state index contributed by atoms with van der Waals surface area (Å²) < 4.78 is 13.8. The molecule has 30 heavy (non-hydrogen) atoms. The topological polar surface area (TPSA) is 52.9 Å². The summed E-state index contributed by atoms with van der Waals surface area (Å²) >= 11 is 0. The Hall–Kier alpha value is -3.47. The van der Waals surface area contributed by atoms with E-state index < -0.39 is 5.82 Å². The number of benzene rings is 2. The lowest BCUT2D eigenvalue weighted by Gasteiger charge is -2.27. The van der Waals surface area contributed by atoms with E-state index in [-0.39, 0.29) is 28.1 Å². The Kier molecular flexibility index (Phi) is 3.72. The first-order valence-corrected chi connectivity index (χ1v) is 9.85. The van der Waals surface area contributed by atoms with E-state index in [9.17, 15) is 14.3 Å². The third-order valence-electron chi connectivity index (χ3n) is 6.31. The van der Waals surface area contributed by atoms with Crippen LogP contribution in [0, 0.1) is 5.82 Å². The fourth-order valence-corrected chi connectivity index (χ4v) is 4.74. The Morgan fingerprint density at radius 2 is 1.87 bits per heavy atom. The number of halogens is 1. The zero-order valence-corrected chi connectivity index (χ0v) is 17.2. The molecule has 0 unspecified atom stereocenters. The Labute approximate surface area is 174 Å². The highest BCUT2D eigenvalue weighted by atomic mass is 19.1. The second kappa shape index (κ2) is 6.02. The van der Waals surface area contributed by atoms with Gasteiger partial charge in [-0.3, -0.25) is 9.79 Å². The number of carbonyl (C=O) groups is 1. The molecule has 0 spiro atoms. The largest absolute Gasteiger partial charge is 0.506 e. The van der Waals surface area contributed by atoms with Crippen LogP contribution in [0.5, 0.6) is 0 Å². The Bertz CT molecular complexity index is 1280. The SMILES string of the molecule is CC1=Nc2ccc(F)cc2C1=C1C(=O)C(C=C2N(C)c3ccccc3C2(C)C)=C1O. The number of anilines is 1. The first-order valence-electron chi connectivity index (χ1n) is 9.85. The molecule has 2 aliphatic heterocycles. The van der Waals surface area contributed by atoms with E-state index >= 15 is 0 Å². The number of ketones is 1. The summed E-state index contributed by atoms with van der Waals surface area (Å²) in [5.41, 5.74) is 5.64. The van der Waals surface area contributed by atoms with Crippen LogP contribution in [0.4, 0.5) is 15.8 Å². The molecule has 0 saturated heterocycles. The molecular formula is C25H21FN2O2. The number of Topliss-reactive ketones (excluding diaryl/α,β-unsaturated/α-hetero) is 1. The number of allylic oxidation sites excluding steroid dienone is 5. The average molecular weight is 400 g/mol. The van der Waals surface area contributed by atoms with E-state index in [2.05, 4.69) is 29.8 Å². The Morgan fingerprint density at radius 1 is 1.13 bits per heavy atom. The van der Waals surface area contributed by atoms with Crippen LogP contribution in [0.25, 0.3) is 5.57 Å². The monoisotopic (exact) mass is 400 g/mol. The van der Waals surface area contributed by atoms with Gasteiger partial charge in [-0.2, -0.15) is 0 Å². The minimum atomic E-state index is -0.401. The molecule has 4 nitrogen and oxygen atoms in total. The molecule has 0 radical (unpaired) electrons. The predicted molar refractivity (Wildman–Crippen MR) is 117 cm³/mol. The standard InChI is InChI=1S/C25H21FN2O2/c1-13-21(15-11-14(26)9-10-18(15)27-13)22-23(29)16(24(22)30)12-20-25(2,3)17-7-5-6-8-19(17)28(20)4/h5-12,29H,1-4H3. The summed E-state index contributed by atoms with van der Waals surface area (Å²) in [7, 11) is 1.96. The van der Waals surface area contributed by atoms with Gasteiger partial charge in [0.2, 0.25) is 5.78 Å². The lowest BCUT2D eigenvalue weighted by molar-refractivity contribution is -0.113. The number of rotatable bonds is 1. The third-order valence-corrected chi connectivity index (χ3v) is 6.31. The number of likely N-dealkylation sites (N-methyl/N-ethyl adjacent to an activating group) is 1. The highest BCUT2D eigenvalue weighted by molar-refractivity contribution is 6.38. The molecule has 0 fully saturated rings. The van der Waals surface area contributed by atoms with E-state index in [4.69, 9.17) is 0 Å². The average Bonchev–Trinajstić information content (AvgIpc) is 3.12. The fourth-order valence-electron chi connectivity index (χ4n) is 4.74. The molecule has 0 atom stereocenters. The number of fused-ring (bicyclic) bond motifs is 2. The highest BCUT2D eigenvalue weighted by Crippen LogP contribution is 2.49. The predicted octanol–water partition coefficient (Wildman–Crippen LogP) is 5.39. The lowest BCUT2D eigenvalue weighted by atomic mass is 9.78. The van der Waals surface area contributed by atoms with Crippen molar-refractivity contribution in [2.75, 3.05) is 11.9 Å². The van der Waals surface area contributed by atoms with E-state index in [1.54, 1.807) is 19.1 Å². The van der Waals surface area contributed by atoms with Gasteiger partial charge in [0.25, 0.3) is 0 Å². The maximum atomic E-state index is 13.8. The van der Waals surface area contributed by atoms with Gasteiger partial charge in [0, 0.05) is 40.7 Å². The van der Waals surface area contributed by atoms with Crippen molar-refractivity contribution >= 4 is 28.4 Å². The molecule has 2 aromatic carbocycles. The van der Waals surface area contributed by atoms with E-state index in [0.29, 0.717) is 22.5 Å². The first kappa shape index (κ1) is 18.6. The van der Waals surface area contributed by atoms with Crippen LogP contribution in [0.1, 0.15) is 31.9 Å². The van der Waals surface area contributed by atoms with Gasteiger partial charge < -0.3 is 10.0 Å². The number of para-hydroxylation sites is 1. The van der Waals surface area contributed by atoms with Crippen molar-refractivity contribution in [2.45, 2.75) is 26.2 Å². The number of aliphatic hydroxyl groups excluding tert-OH is 1. The van der Waals surface area contributed by atoms with E-state index in [1.807, 2.05) is 25.2 Å². The lowest BCUT2D eigenvalue weighted by Crippen LogP contribution is -2.28. The number of aliphatic hydroxyl groups is 1. The van der Waals surface area contributed by atoms with Crippen LogP contribution in [0.3, 0.4) is 0 Å². The normalized spacial score (nSPS) is 23.0. The van der Waals surface area contributed by atoms with Crippen LogP contribution >= 0.6 is 0 Å². The summed E-state index contributed by atoms with van der Waals surface area (Å²) in [4.78, 5) is 19.6. The molecule has 1 aliphatic carbocycles. The molecule has 0 amide bonds. The zero-order valence-electron chi connectivity index (χ0n) is 17.2. The number of hydrogen-bond donors (Lipinski definition) is 1. The maximum Gasteiger partial charge on any atom is 0.201 e. The highest BCUT2D eigenvalue weighted by Gasteiger charge is 2.42. The number of hydrogen-bond acceptors (Lipinski definition) is 4. The first-order chi connectivity index (χ1) is 14.2.